The van der Waals surface area contributed by atoms with Crippen molar-refractivity contribution < 1.29 is 19.4 Å². The normalized spacial score (nSPS) is 14.7. The molecule has 0 fully saturated rings. The number of hydrogen-bond acceptors (Lipinski definition) is 4. The van der Waals surface area contributed by atoms with E-state index in [1.165, 1.54) is 7.11 Å². The van der Waals surface area contributed by atoms with Crippen molar-refractivity contribution in [3.63, 3.8) is 0 Å². The van der Waals surface area contributed by atoms with Gasteiger partial charge in [-0.15, -0.1) is 0 Å². The van der Waals surface area contributed by atoms with Gasteiger partial charge >= 0.3 is 5.97 Å². The van der Waals surface area contributed by atoms with Crippen molar-refractivity contribution in [1.29, 1.82) is 0 Å². The van der Waals surface area contributed by atoms with Gasteiger partial charge in [0.15, 0.2) is 0 Å². The maximum atomic E-state index is 11.1. The van der Waals surface area contributed by atoms with Crippen LogP contribution in [0.4, 0.5) is 0 Å². The van der Waals surface area contributed by atoms with Crippen molar-refractivity contribution in [2.45, 2.75) is 25.6 Å². The summed E-state index contributed by atoms with van der Waals surface area (Å²) in [5, 5.41) is 10.6. The number of hydrogen-bond donors (Lipinski definition) is 3. The van der Waals surface area contributed by atoms with Gasteiger partial charge in [0.05, 0.1) is 6.04 Å². The fourth-order valence-corrected chi connectivity index (χ4v) is 0.643. The highest BCUT2D eigenvalue weighted by atomic mass is 16.5. The third-order valence-corrected chi connectivity index (χ3v) is 1.51. The summed E-state index contributed by atoms with van der Waals surface area (Å²) < 4.78 is 4.49. The highest BCUT2D eigenvalue weighted by Gasteiger charge is 2.21. The number of carbonyl (C=O) groups excluding carboxylic acids is 1. The topological polar surface area (TPSA) is 102 Å². The van der Waals surface area contributed by atoms with Crippen LogP contribution in [0.25, 0.3) is 0 Å². The minimum Gasteiger partial charge on any atom is -0.478 e. The lowest BCUT2D eigenvalue weighted by Gasteiger charge is -2.15. The zero-order chi connectivity index (χ0) is 10.4. The van der Waals surface area contributed by atoms with E-state index in [0.717, 1.165) is 0 Å². The Labute approximate surface area is 76.0 Å². The van der Waals surface area contributed by atoms with E-state index in [4.69, 9.17) is 10.8 Å². The quantitative estimate of drug-likeness (QED) is 0.477. The van der Waals surface area contributed by atoms with Gasteiger partial charge in [0, 0.05) is 7.11 Å². The summed E-state index contributed by atoms with van der Waals surface area (Å²) >= 11 is 0. The number of nitrogens with two attached hydrogens (primary N) is 1. The largest absolute Gasteiger partial charge is 0.478 e. The monoisotopic (exact) mass is 190 g/mol. The van der Waals surface area contributed by atoms with Crippen LogP contribution < -0.4 is 11.1 Å². The van der Waals surface area contributed by atoms with Crippen LogP contribution >= 0.6 is 0 Å². The molecule has 0 aliphatic heterocycles. The number of carboxylic acid groups (broad SMARTS) is 1. The molecular weight excluding hydrogens is 176 g/mol. The van der Waals surface area contributed by atoms with Crippen LogP contribution in [-0.4, -0.2) is 36.4 Å². The maximum Gasteiger partial charge on any atom is 0.354 e. The molecule has 4 N–H and O–H groups in total. The first kappa shape index (κ1) is 11.9. The fourth-order valence-electron chi connectivity index (χ4n) is 0.643. The summed E-state index contributed by atoms with van der Waals surface area (Å²) in [6, 6.07) is -0.697. The average Bonchev–Trinajstić information content (AvgIpc) is 2.11. The van der Waals surface area contributed by atoms with Crippen molar-refractivity contribution in [3.8, 4) is 0 Å². The van der Waals surface area contributed by atoms with Crippen LogP contribution in [0.15, 0.2) is 0 Å². The summed E-state index contributed by atoms with van der Waals surface area (Å²) in [6.45, 7) is 1.73. The summed E-state index contributed by atoms with van der Waals surface area (Å²) in [4.78, 5) is 21.5. The van der Waals surface area contributed by atoms with Gasteiger partial charge in [-0.3, -0.25) is 4.79 Å². The van der Waals surface area contributed by atoms with Gasteiger partial charge in [-0.25, -0.2) is 4.79 Å². The fraction of sp³-hybridized carbons (Fsp3) is 0.714. The van der Waals surface area contributed by atoms with Crippen molar-refractivity contribution in [2.24, 2.45) is 5.73 Å². The minimum atomic E-state index is -1.33. The minimum absolute atomic E-state index is 0.446. The molecule has 0 aliphatic rings. The number of amides is 1. The number of carboxylic acids is 1. The highest BCUT2D eigenvalue weighted by Crippen LogP contribution is 1.90. The van der Waals surface area contributed by atoms with Crippen LogP contribution in [0.1, 0.15) is 13.3 Å². The SMILES string of the molecule is CC[C@H](N)C(=O)N[C@@H](OC)C(=O)O. The Morgan fingerprint density at radius 1 is 1.62 bits per heavy atom. The molecule has 0 unspecified atom stereocenters. The Morgan fingerprint density at radius 2 is 2.15 bits per heavy atom. The Morgan fingerprint density at radius 3 is 2.46 bits per heavy atom. The van der Waals surface area contributed by atoms with Crippen LogP contribution in [0.3, 0.4) is 0 Å². The molecule has 6 nitrogen and oxygen atoms in total. The lowest BCUT2D eigenvalue weighted by molar-refractivity contribution is -0.153. The molecule has 0 aliphatic carbocycles. The second kappa shape index (κ2) is 5.50. The second-order valence-electron chi connectivity index (χ2n) is 2.48. The molecule has 0 aromatic heterocycles. The number of carbonyl (C=O) groups is 2. The standard InChI is InChI=1S/C7H14N2O4/c1-3-4(8)5(10)9-6(13-2)7(11)12/h4,6H,3,8H2,1-2H3,(H,9,10)(H,11,12)/t4-,6-/m0/s1. The van der Waals surface area contributed by atoms with E-state index in [0.29, 0.717) is 6.42 Å². The van der Waals surface area contributed by atoms with Crippen molar-refractivity contribution in [1.82, 2.24) is 5.32 Å². The summed E-state index contributed by atoms with van der Waals surface area (Å²) in [6.07, 6.45) is -0.882. The van der Waals surface area contributed by atoms with E-state index in [1.807, 2.05) is 0 Å². The molecule has 0 heterocycles. The van der Waals surface area contributed by atoms with Crippen LogP contribution in [0.2, 0.25) is 0 Å². The second-order valence-corrected chi connectivity index (χ2v) is 2.48. The first-order chi connectivity index (χ1) is 6.02. The van der Waals surface area contributed by atoms with E-state index in [-0.39, 0.29) is 0 Å². The Hall–Kier alpha value is -1.14. The number of rotatable bonds is 5. The predicted octanol–water partition coefficient (Wildman–Crippen LogP) is -1.10. The first-order valence-corrected chi connectivity index (χ1v) is 3.84. The van der Waals surface area contributed by atoms with Gasteiger partial charge in [-0.2, -0.15) is 0 Å². The van der Waals surface area contributed by atoms with E-state index in [2.05, 4.69) is 10.1 Å². The van der Waals surface area contributed by atoms with Gasteiger partial charge in [0.25, 0.3) is 0 Å². The van der Waals surface area contributed by atoms with E-state index in [1.54, 1.807) is 6.92 Å². The van der Waals surface area contributed by atoms with Crippen LogP contribution in [-0.2, 0) is 14.3 Å². The molecule has 1 amide bonds. The zero-order valence-corrected chi connectivity index (χ0v) is 7.61. The molecule has 76 valence electrons. The van der Waals surface area contributed by atoms with Gasteiger partial charge in [0.2, 0.25) is 12.1 Å². The lowest BCUT2D eigenvalue weighted by Crippen LogP contribution is -2.48. The van der Waals surface area contributed by atoms with E-state index in [9.17, 15) is 9.59 Å². The van der Waals surface area contributed by atoms with E-state index >= 15 is 0 Å². The molecule has 0 aromatic rings. The van der Waals surface area contributed by atoms with Gasteiger partial charge < -0.3 is 20.9 Å². The molecule has 0 saturated carbocycles. The molecule has 2 atom stereocenters. The first-order valence-electron chi connectivity index (χ1n) is 3.84. The smallest absolute Gasteiger partial charge is 0.354 e. The Bertz CT molecular complexity index is 195. The highest BCUT2D eigenvalue weighted by molar-refractivity contribution is 5.85. The molecule has 13 heavy (non-hydrogen) atoms. The molecule has 0 rings (SSSR count). The van der Waals surface area contributed by atoms with Crippen LogP contribution in [0, 0.1) is 0 Å². The molecule has 6 heteroatoms. The third kappa shape index (κ3) is 3.86. The molecule has 0 spiro atoms. The Balaban J connectivity index is 4.09. The zero-order valence-electron chi connectivity index (χ0n) is 7.61. The molecule has 0 saturated heterocycles. The summed E-state index contributed by atoms with van der Waals surface area (Å²) in [5.74, 6) is -1.78. The Kier molecular flexibility index (Phi) is 5.01. The van der Waals surface area contributed by atoms with Crippen molar-refractivity contribution in [2.75, 3.05) is 7.11 Å². The molecular formula is C7H14N2O4. The van der Waals surface area contributed by atoms with Gasteiger partial charge in [0.1, 0.15) is 0 Å². The number of aliphatic carboxylic acids is 1. The maximum absolute atomic E-state index is 11.1. The van der Waals surface area contributed by atoms with Gasteiger partial charge in [-0.05, 0) is 6.42 Å². The van der Waals surface area contributed by atoms with Crippen LogP contribution in [0.5, 0.6) is 0 Å². The number of nitrogens with one attached hydrogen (secondary N) is 1. The number of methoxy groups -OCH3 is 1. The molecule has 0 radical (unpaired) electrons. The van der Waals surface area contributed by atoms with E-state index < -0.39 is 24.1 Å². The lowest BCUT2D eigenvalue weighted by atomic mass is 10.2. The third-order valence-electron chi connectivity index (χ3n) is 1.51. The average molecular weight is 190 g/mol. The predicted molar refractivity (Wildman–Crippen MR) is 44.8 cm³/mol. The summed E-state index contributed by atoms with van der Waals surface area (Å²) in [5.41, 5.74) is 5.36. The van der Waals surface area contributed by atoms with Crippen molar-refractivity contribution >= 4 is 11.9 Å². The summed E-state index contributed by atoms with van der Waals surface area (Å²) in [7, 11) is 1.19. The van der Waals surface area contributed by atoms with Crippen molar-refractivity contribution in [3.05, 3.63) is 0 Å². The number of ether oxygens (including phenoxy) is 1. The van der Waals surface area contributed by atoms with Gasteiger partial charge in [-0.1, -0.05) is 6.92 Å². The molecule has 0 bridgehead atoms. The molecule has 0 aromatic carbocycles.